The Hall–Kier alpha value is -1.98. The lowest BCUT2D eigenvalue weighted by Gasteiger charge is -2.11. The van der Waals surface area contributed by atoms with Gasteiger partial charge in [0, 0.05) is 24.2 Å². The maximum absolute atomic E-state index is 5.49. The van der Waals surface area contributed by atoms with Gasteiger partial charge in [0.05, 0.1) is 12.3 Å². The van der Waals surface area contributed by atoms with Crippen molar-refractivity contribution < 1.29 is 4.74 Å². The molecule has 1 aliphatic heterocycles. The zero-order valence-corrected chi connectivity index (χ0v) is 10.5. The average molecular weight is 256 g/mol. The molecule has 2 aromatic rings. The number of aromatic nitrogens is 2. The number of hydrogen-bond acceptors (Lipinski definition) is 5. The second-order valence-corrected chi connectivity index (χ2v) is 4.57. The Labute approximate surface area is 111 Å². The summed E-state index contributed by atoms with van der Waals surface area (Å²) in [4.78, 5) is 9.08. The van der Waals surface area contributed by atoms with E-state index in [4.69, 9.17) is 10.6 Å². The second-order valence-electron chi connectivity index (χ2n) is 4.57. The second kappa shape index (κ2) is 5.34. The quantitative estimate of drug-likeness (QED) is 0.648. The van der Waals surface area contributed by atoms with Gasteiger partial charge in [0.15, 0.2) is 0 Å². The lowest BCUT2D eigenvalue weighted by molar-refractivity contribution is 0.193. The molecule has 1 unspecified atom stereocenters. The van der Waals surface area contributed by atoms with Gasteiger partial charge in [-0.05, 0) is 6.42 Å². The summed E-state index contributed by atoms with van der Waals surface area (Å²) in [6.45, 7) is 1.46. The average Bonchev–Trinajstić information content (AvgIpc) is 3.02. The van der Waals surface area contributed by atoms with Crippen LogP contribution in [0.5, 0.6) is 0 Å². The molecule has 5 heteroatoms. The van der Waals surface area contributed by atoms with Gasteiger partial charge in [0.1, 0.15) is 11.6 Å². The Morgan fingerprint density at radius 3 is 2.74 bits per heavy atom. The van der Waals surface area contributed by atoms with Gasteiger partial charge in [0.25, 0.3) is 0 Å². The molecule has 2 heterocycles. The third-order valence-electron chi connectivity index (χ3n) is 3.26. The lowest BCUT2D eigenvalue weighted by atomic mass is 10.1. The summed E-state index contributed by atoms with van der Waals surface area (Å²) in [5.74, 6) is 7.19. The SMILES string of the molecule is NNc1cc(-c2ccccc2)nc(C2CCOC2)n1. The number of anilines is 1. The van der Waals surface area contributed by atoms with Crippen LogP contribution in [0.3, 0.4) is 0 Å². The standard InChI is InChI=1S/C14H16N4O/c15-18-13-8-12(10-4-2-1-3-5-10)16-14(17-13)11-6-7-19-9-11/h1-5,8,11H,6-7,9,15H2,(H,16,17,18). The van der Waals surface area contributed by atoms with Crippen molar-refractivity contribution in [3.8, 4) is 11.3 Å². The van der Waals surface area contributed by atoms with Crippen molar-refractivity contribution in [2.75, 3.05) is 18.6 Å². The molecule has 3 N–H and O–H groups in total. The van der Waals surface area contributed by atoms with Crippen LogP contribution in [0.4, 0.5) is 5.82 Å². The highest BCUT2D eigenvalue weighted by Gasteiger charge is 2.21. The minimum Gasteiger partial charge on any atom is -0.381 e. The van der Waals surface area contributed by atoms with Crippen molar-refractivity contribution in [3.05, 3.63) is 42.2 Å². The highest BCUT2D eigenvalue weighted by molar-refractivity contribution is 5.62. The predicted molar refractivity (Wildman–Crippen MR) is 73.5 cm³/mol. The van der Waals surface area contributed by atoms with E-state index in [1.54, 1.807) is 0 Å². The Morgan fingerprint density at radius 2 is 2.05 bits per heavy atom. The van der Waals surface area contributed by atoms with E-state index in [1.807, 2.05) is 36.4 Å². The number of nitrogens with two attached hydrogens (primary N) is 1. The smallest absolute Gasteiger partial charge is 0.144 e. The molecule has 1 aromatic carbocycles. The van der Waals surface area contributed by atoms with E-state index in [2.05, 4.69) is 15.4 Å². The number of rotatable bonds is 3. The highest BCUT2D eigenvalue weighted by atomic mass is 16.5. The maximum atomic E-state index is 5.49. The number of hydrazine groups is 1. The van der Waals surface area contributed by atoms with E-state index in [1.165, 1.54) is 0 Å². The molecule has 1 aliphatic rings. The van der Waals surface area contributed by atoms with Crippen molar-refractivity contribution in [3.63, 3.8) is 0 Å². The first-order valence-electron chi connectivity index (χ1n) is 6.35. The molecule has 0 spiro atoms. The van der Waals surface area contributed by atoms with Crippen LogP contribution in [0, 0.1) is 0 Å². The van der Waals surface area contributed by atoms with E-state index >= 15 is 0 Å². The van der Waals surface area contributed by atoms with E-state index in [9.17, 15) is 0 Å². The topological polar surface area (TPSA) is 73.1 Å². The van der Waals surface area contributed by atoms with Crippen LogP contribution in [-0.4, -0.2) is 23.2 Å². The molecule has 98 valence electrons. The molecular weight excluding hydrogens is 240 g/mol. The summed E-state index contributed by atoms with van der Waals surface area (Å²) in [6.07, 6.45) is 0.961. The van der Waals surface area contributed by atoms with Crippen LogP contribution in [0.1, 0.15) is 18.2 Å². The Morgan fingerprint density at radius 1 is 1.21 bits per heavy atom. The van der Waals surface area contributed by atoms with Gasteiger partial charge in [0.2, 0.25) is 0 Å². The van der Waals surface area contributed by atoms with Crippen molar-refractivity contribution in [1.82, 2.24) is 9.97 Å². The Kier molecular flexibility index (Phi) is 3.39. The van der Waals surface area contributed by atoms with Gasteiger partial charge < -0.3 is 10.2 Å². The van der Waals surface area contributed by atoms with Gasteiger partial charge in [-0.15, -0.1) is 0 Å². The molecule has 1 fully saturated rings. The van der Waals surface area contributed by atoms with Crippen LogP contribution in [-0.2, 0) is 4.74 Å². The molecule has 1 aromatic heterocycles. The fourth-order valence-corrected chi connectivity index (χ4v) is 2.22. The van der Waals surface area contributed by atoms with Crippen molar-refractivity contribution >= 4 is 5.82 Å². The van der Waals surface area contributed by atoms with Gasteiger partial charge in [-0.25, -0.2) is 15.8 Å². The first kappa shape index (κ1) is 12.1. The minimum absolute atomic E-state index is 0.260. The number of nitrogens with one attached hydrogen (secondary N) is 1. The molecule has 3 rings (SSSR count). The molecule has 0 radical (unpaired) electrons. The number of nitrogen functional groups attached to an aromatic ring is 1. The molecular formula is C14H16N4O. The summed E-state index contributed by atoms with van der Waals surface area (Å²) in [7, 11) is 0. The molecule has 19 heavy (non-hydrogen) atoms. The molecule has 1 saturated heterocycles. The zero-order chi connectivity index (χ0) is 13.1. The molecule has 1 atom stereocenters. The summed E-state index contributed by atoms with van der Waals surface area (Å²) in [6, 6.07) is 11.9. The van der Waals surface area contributed by atoms with E-state index in [0.717, 1.165) is 30.1 Å². The van der Waals surface area contributed by atoms with Crippen molar-refractivity contribution in [1.29, 1.82) is 0 Å². The maximum Gasteiger partial charge on any atom is 0.144 e. The van der Waals surface area contributed by atoms with Crippen LogP contribution >= 0.6 is 0 Å². The van der Waals surface area contributed by atoms with Crippen LogP contribution in [0.25, 0.3) is 11.3 Å². The monoisotopic (exact) mass is 256 g/mol. The third-order valence-corrected chi connectivity index (χ3v) is 3.26. The number of ether oxygens (including phenoxy) is 1. The first-order valence-corrected chi connectivity index (χ1v) is 6.35. The van der Waals surface area contributed by atoms with Crippen molar-refractivity contribution in [2.24, 2.45) is 5.84 Å². The summed E-state index contributed by atoms with van der Waals surface area (Å²) in [5.41, 5.74) is 4.55. The molecule has 5 nitrogen and oxygen atoms in total. The van der Waals surface area contributed by atoms with Gasteiger partial charge >= 0.3 is 0 Å². The first-order chi connectivity index (χ1) is 9.36. The Bertz CT molecular complexity index is 553. The van der Waals surface area contributed by atoms with Crippen molar-refractivity contribution in [2.45, 2.75) is 12.3 Å². The normalized spacial score (nSPS) is 18.5. The molecule has 0 amide bonds. The van der Waals surface area contributed by atoms with Gasteiger partial charge in [-0.1, -0.05) is 30.3 Å². The van der Waals surface area contributed by atoms with E-state index in [0.29, 0.717) is 12.4 Å². The number of nitrogens with zero attached hydrogens (tertiary/aromatic N) is 2. The van der Waals surface area contributed by atoms with Crippen LogP contribution < -0.4 is 11.3 Å². The number of hydrogen-bond donors (Lipinski definition) is 2. The molecule has 0 saturated carbocycles. The predicted octanol–water partition coefficient (Wildman–Crippen LogP) is 1.93. The highest BCUT2D eigenvalue weighted by Crippen LogP contribution is 2.26. The molecule has 0 bridgehead atoms. The fourth-order valence-electron chi connectivity index (χ4n) is 2.22. The minimum atomic E-state index is 0.260. The van der Waals surface area contributed by atoms with Crippen LogP contribution in [0.2, 0.25) is 0 Å². The zero-order valence-electron chi connectivity index (χ0n) is 10.5. The molecule has 0 aliphatic carbocycles. The van der Waals surface area contributed by atoms with Gasteiger partial charge in [-0.2, -0.15) is 0 Å². The van der Waals surface area contributed by atoms with Gasteiger partial charge in [-0.3, -0.25) is 0 Å². The fraction of sp³-hybridized carbons (Fsp3) is 0.286. The van der Waals surface area contributed by atoms with E-state index in [-0.39, 0.29) is 5.92 Å². The summed E-state index contributed by atoms with van der Waals surface area (Å²) < 4.78 is 5.40. The van der Waals surface area contributed by atoms with Crippen LogP contribution in [0.15, 0.2) is 36.4 Å². The van der Waals surface area contributed by atoms with E-state index < -0.39 is 0 Å². The largest absolute Gasteiger partial charge is 0.381 e. The lowest BCUT2D eigenvalue weighted by Crippen LogP contribution is -2.13. The Balaban J connectivity index is 2.02. The summed E-state index contributed by atoms with van der Waals surface area (Å²) >= 11 is 0. The summed E-state index contributed by atoms with van der Waals surface area (Å²) in [5, 5.41) is 0. The third kappa shape index (κ3) is 2.57. The number of benzene rings is 1.